The molecule has 0 spiro atoms. The number of benzene rings is 1. The highest BCUT2D eigenvalue weighted by atomic mass is 16.2. The van der Waals surface area contributed by atoms with Gasteiger partial charge in [0.15, 0.2) is 0 Å². The summed E-state index contributed by atoms with van der Waals surface area (Å²) in [4.78, 5) is 32.3. The summed E-state index contributed by atoms with van der Waals surface area (Å²) >= 11 is 0. The van der Waals surface area contributed by atoms with Crippen LogP contribution >= 0.6 is 0 Å². The van der Waals surface area contributed by atoms with Crippen molar-refractivity contribution in [2.45, 2.75) is 38.5 Å². The van der Waals surface area contributed by atoms with E-state index < -0.39 is 0 Å². The van der Waals surface area contributed by atoms with Crippen molar-refractivity contribution in [2.75, 3.05) is 39.3 Å². The fourth-order valence-electron chi connectivity index (χ4n) is 4.46. The summed E-state index contributed by atoms with van der Waals surface area (Å²) in [6.07, 6.45) is 10.6. The SMILES string of the molecule is O=C(CN1CCN(C(=O)Cc2c[nH]c3ccccc23)CC1)NCCC1=CCCCC1. The third-order valence-electron chi connectivity index (χ3n) is 6.26. The lowest BCUT2D eigenvalue weighted by Crippen LogP contribution is -2.51. The predicted octanol–water partition coefficient (Wildman–Crippen LogP) is 2.86. The van der Waals surface area contributed by atoms with Crippen LogP contribution in [0.4, 0.5) is 0 Å². The molecule has 2 heterocycles. The van der Waals surface area contributed by atoms with Gasteiger partial charge in [0.1, 0.15) is 0 Å². The van der Waals surface area contributed by atoms with Crippen LogP contribution in [-0.2, 0) is 16.0 Å². The van der Waals surface area contributed by atoms with Crippen LogP contribution in [0.5, 0.6) is 0 Å². The van der Waals surface area contributed by atoms with Crippen LogP contribution in [-0.4, -0.2) is 65.9 Å². The molecule has 4 rings (SSSR count). The third-order valence-corrected chi connectivity index (χ3v) is 6.26. The molecule has 0 unspecified atom stereocenters. The number of rotatable bonds is 7. The highest BCUT2D eigenvalue weighted by Crippen LogP contribution is 2.20. The zero-order valence-corrected chi connectivity index (χ0v) is 17.7. The number of hydrogen-bond donors (Lipinski definition) is 2. The van der Waals surface area contributed by atoms with E-state index in [9.17, 15) is 9.59 Å². The molecule has 160 valence electrons. The number of fused-ring (bicyclic) bond motifs is 1. The Morgan fingerprint density at radius 1 is 1.07 bits per heavy atom. The smallest absolute Gasteiger partial charge is 0.234 e. The summed E-state index contributed by atoms with van der Waals surface area (Å²) in [6.45, 7) is 4.01. The van der Waals surface area contributed by atoms with E-state index in [1.807, 2.05) is 29.3 Å². The molecule has 6 nitrogen and oxygen atoms in total. The molecular weight excluding hydrogens is 376 g/mol. The number of piperazine rings is 1. The molecule has 1 saturated heterocycles. The summed E-state index contributed by atoms with van der Waals surface area (Å²) in [5.41, 5.74) is 3.60. The second kappa shape index (κ2) is 9.94. The van der Waals surface area contributed by atoms with Crippen molar-refractivity contribution >= 4 is 22.7 Å². The first-order valence-electron chi connectivity index (χ1n) is 11.2. The van der Waals surface area contributed by atoms with Gasteiger partial charge in [0.25, 0.3) is 0 Å². The molecule has 1 fully saturated rings. The highest BCUT2D eigenvalue weighted by molar-refractivity contribution is 5.89. The molecule has 2 aliphatic rings. The number of carbonyl (C=O) groups excluding carboxylic acids is 2. The van der Waals surface area contributed by atoms with Gasteiger partial charge in [0, 0.05) is 49.8 Å². The average molecular weight is 409 g/mol. The lowest BCUT2D eigenvalue weighted by Gasteiger charge is -2.34. The van der Waals surface area contributed by atoms with Crippen LogP contribution in [0, 0.1) is 0 Å². The molecule has 2 aromatic rings. The van der Waals surface area contributed by atoms with Crippen molar-refractivity contribution in [2.24, 2.45) is 0 Å². The molecule has 2 N–H and O–H groups in total. The maximum atomic E-state index is 12.7. The van der Waals surface area contributed by atoms with Crippen LogP contribution in [0.3, 0.4) is 0 Å². The monoisotopic (exact) mass is 408 g/mol. The highest BCUT2D eigenvalue weighted by Gasteiger charge is 2.23. The number of nitrogens with one attached hydrogen (secondary N) is 2. The average Bonchev–Trinajstić information content (AvgIpc) is 3.18. The third kappa shape index (κ3) is 5.30. The number of hydrogen-bond acceptors (Lipinski definition) is 3. The fourth-order valence-corrected chi connectivity index (χ4v) is 4.46. The van der Waals surface area contributed by atoms with Crippen molar-refractivity contribution in [1.29, 1.82) is 0 Å². The van der Waals surface area contributed by atoms with E-state index >= 15 is 0 Å². The first-order chi connectivity index (χ1) is 14.7. The van der Waals surface area contributed by atoms with E-state index in [2.05, 4.69) is 27.3 Å². The number of carbonyl (C=O) groups is 2. The Hall–Kier alpha value is -2.60. The molecule has 0 atom stereocenters. The molecule has 1 aliphatic heterocycles. The first-order valence-corrected chi connectivity index (χ1v) is 11.2. The van der Waals surface area contributed by atoms with Gasteiger partial charge < -0.3 is 15.2 Å². The molecule has 1 aromatic heterocycles. The topological polar surface area (TPSA) is 68.4 Å². The fraction of sp³-hybridized carbons (Fsp3) is 0.500. The quantitative estimate of drug-likeness (QED) is 0.692. The molecule has 2 amide bonds. The lowest BCUT2D eigenvalue weighted by molar-refractivity contribution is -0.132. The first kappa shape index (κ1) is 20.7. The Labute approximate surface area is 178 Å². The van der Waals surface area contributed by atoms with Gasteiger partial charge in [0.05, 0.1) is 13.0 Å². The van der Waals surface area contributed by atoms with E-state index in [0.29, 0.717) is 26.1 Å². The van der Waals surface area contributed by atoms with Gasteiger partial charge in [-0.15, -0.1) is 0 Å². The van der Waals surface area contributed by atoms with Crippen LogP contribution in [0.1, 0.15) is 37.7 Å². The molecule has 0 saturated carbocycles. The zero-order valence-electron chi connectivity index (χ0n) is 17.7. The zero-order chi connectivity index (χ0) is 20.8. The summed E-state index contributed by atoms with van der Waals surface area (Å²) in [7, 11) is 0. The van der Waals surface area contributed by atoms with Gasteiger partial charge in [-0.25, -0.2) is 0 Å². The number of para-hydroxylation sites is 1. The second-order valence-corrected chi connectivity index (χ2v) is 8.40. The molecule has 6 heteroatoms. The summed E-state index contributed by atoms with van der Waals surface area (Å²) in [6, 6.07) is 8.07. The van der Waals surface area contributed by atoms with Gasteiger partial charge >= 0.3 is 0 Å². The number of aromatic amines is 1. The standard InChI is InChI=1S/C24H32N4O2/c29-23(25-11-10-19-6-2-1-3-7-19)18-27-12-14-28(15-13-27)24(30)16-20-17-26-22-9-5-4-8-21(20)22/h4-6,8-9,17,26H,1-3,7,10-16,18H2,(H,25,29). The lowest BCUT2D eigenvalue weighted by atomic mass is 9.97. The van der Waals surface area contributed by atoms with Crippen LogP contribution < -0.4 is 5.32 Å². The van der Waals surface area contributed by atoms with E-state index in [1.165, 1.54) is 31.3 Å². The van der Waals surface area contributed by atoms with E-state index in [4.69, 9.17) is 0 Å². The Morgan fingerprint density at radius 3 is 2.70 bits per heavy atom. The summed E-state index contributed by atoms with van der Waals surface area (Å²) < 4.78 is 0. The maximum absolute atomic E-state index is 12.7. The number of aromatic nitrogens is 1. The van der Waals surface area contributed by atoms with Gasteiger partial charge in [-0.05, 0) is 43.7 Å². The maximum Gasteiger partial charge on any atom is 0.234 e. The van der Waals surface area contributed by atoms with Crippen LogP contribution in [0.15, 0.2) is 42.1 Å². The van der Waals surface area contributed by atoms with Gasteiger partial charge in [0.2, 0.25) is 11.8 Å². The Bertz CT molecular complexity index is 909. The minimum absolute atomic E-state index is 0.0879. The minimum atomic E-state index is 0.0879. The number of allylic oxidation sites excluding steroid dienone is 1. The summed E-state index contributed by atoms with van der Waals surface area (Å²) in [5.74, 6) is 0.245. The molecule has 0 radical (unpaired) electrons. The van der Waals surface area contributed by atoms with Crippen molar-refractivity contribution in [3.8, 4) is 0 Å². The van der Waals surface area contributed by atoms with Crippen molar-refractivity contribution in [1.82, 2.24) is 20.1 Å². The normalized spacial score (nSPS) is 17.7. The van der Waals surface area contributed by atoms with E-state index in [0.717, 1.165) is 42.5 Å². The Balaban J connectivity index is 1.17. The minimum Gasteiger partial charge on any atom is -0.361 e. The molecular formula is C24H32N4O2. The van der Waals surface area contributed by atoms with Crippen LogP contribution in [0.25, 0.3) is 10.9 Å². The van der Waals surface area contributed by atoms with Crippen molar-refractivity contribution < 1.29 is 9.59 Å². The van der Waals surface area contributed by atoms with Crippen molar-refractivity contribution in [3.05, 3.63) is 47.7 Å². The summed E-state index contributed by atoms with van der Waals surface area (Å²) in [5, 5.41) is 4.17. The van der Waals surface area contributed by atoms with E-state index in [1.54, 1.807) is 0 Å². The number of amides is 2. The van der Waals surface area contributed by atoms with Crippen LogP contribution in [0.2, 0.25) is 0 Å². The van der Waals surface area contributed by atoms with E-state index in [-0.39, 0.29) is 11.8 Å². The molecule has 1 aliphatic carbocycles. The van der Waals surface area contributed by atoms with Gasteiger partial charge in [-0.2, -0.15) is 0 Å². The number of nitrogens with zero attached hydrogens (tertiary/aromatic N) is 2. The second-order valence-electron chi connectivity index (χ2n) is 8.40. The van der Waals surface area contributed by atoms with Crippen molar-refractivity contribution in [3.63, 3.8) is 0 Å². The van der Waals surface area contributed by atoms with Gasteiger partial charge in [-0.1, -0.05) is 29.8 Å². The molecule has 1 aromatic carbocycles. The molecule has 30 heavy (non-hydrogen) atoms. The Kier molecular flexibility index (Phi) is 6.84. The van der Waals surface area contributed by atoms with Gasteiger partial charge in [-0.3, -0.25) is 14.5 Å². The predicted molar refractivity (Wildman–Crippen MR) is 119 cm³/mol. The number of H-pyrrole nitrogens is 1. The Morgan fingerprint density at radius 2 is 1.90 bits per heavy atom. The largest absolute Gasteiger partial charge is 0.361 e. The molecule has 0 bridgehead atoms.